The van der Waals surface area contributed by atoms with E-state index in [4.69, 9.17) is 4.52 Å². The predicted octanol–water partition coefficient (Wildman–Crippen LogP) is 1.46. The van der Waals surface area contributed by atoms with E-state index >= 15 is 0 Å². The van der Waals surface area contributed by atoms with Crippen molar-refractivity contribution in [3.8, 4) is 0 Å². The van der Waals surface area contributed by atoms with Crippen molar-refractivity contribution in [3.05, 3.63) is 17.5 Å². The molecule has 0 saturated carbocycles. The van der Waals surface area contributed by atoms with E-state index in [0.717, 1.165) is 50.1 Å². The summed E-state index contributed by atoms with van der Waals surface area (Å²) < 4.78 is 5.13. The molecule has 1 aromatic rings. The maximum Gasteiger partial charge on any atom is 0.227 e. The fourth-order valence-electron chi connectivity index (χ4n) is 2.95. The molecular formula is C18H33IN6O2. The van der Waals surface area contributed by atoms with Gasteiger partial charge in [0.1, 0.15) is 5.76 Å². The van der Waals surface area contributed by atoms with Crippen molar-refractivity contribution in [1.29, 1.82) is 0 Å². The smallest absolute Gasteiger partial charge is 0.227 e. The standard InChI is InChI=1S/C18H32N6O2.HI/c1-6-20-16(25)18(3,4)13-21-17(19-5)24-9-7-23(8-10-24)12-15-11-14(2)26-22-15;/h11H,6-10,12-13H2,1-5H3,(H,19,21)(H,20,25);1H. The summed E-state index contributed by atoms with van der Waals surface area (Å²) in [7, 11) is 1.78. The summed E-state index contributed by atoms with van der Waals surface area (Å²) in [6, 6.07) is 1.98. The number of nitrogens with zero attached hydrogens (tertiary/aromatic N) is 4. The summed E-state index contributed by atoms with van der Waals surface area (Å²) in [5, 5.41) is 10.3. The lowest BCUT2D eigenvalue weighted by molar-refractivity contribution is -0.128. The maximum atomic E-state index is 12.1. The second-order valence-electron chi connectivity index (χ2n) is 7.34. The Morgan fingerprint density at radius 2 is 1.96 bits per heavy atom. The molecule has 1 aliphatic rings. The van der Waals surface area contributed by atoms with Crippen LogP contribution in [-0.4, -0.2) is 73.1 Å². The van der Waals surface area contributed by atoms with Gasteiger partial charge in [-0.3, -0.25) is 14.7 Å². The van der Waals surface area contributed by atoms with Gasteiger partial charge in [-0.15, -0.1) is 24.0 Å². The monoisotopic (exact) mass is 492 g/mol. The third kappa shape index (κ3) is 6.95. The first-order chi connectivity index (χ1) is 12.4. The fourth-order valence-corrected chi connectivity index (χ4v) is 2.95. The molecule has 0 aromatic carbocycles. The SMILES string of the molecule is CCNC(=O)C(C)(C)CNC(=NC)N1CCN(Cc2cc(C)on2)CC1.I. The number of aliphatic imine (C=N–C) groups is 1. The topological polar surface area (TPSA) is 86.0 Å². The van der Waals surface area contributed by atoms with E-state index in [9.17, 15) is 4.79 Å². The minimum atomic E-state index is -0.488. The van der Waals surface area contributed by atoms with Gasteiger partial charge in [0.25, 0.3) is 0 Å². The summed E-state index contributed by atoms with van der Waals surface area (Å²) >= 11 is 0. The Bertz CT molecular complexity index is 623. The molecular weight excluding hydrogens is 459 g/mol. The van der Waals surface area contributed by atoms with E-state index in [2.05, 4.69) is 30.6 Å². The van der Waals surface area contributed by atoms with Crippen molar-refractivity contribution in [2.45, 2.75) is 34.2 Å². The molecule has 0 atom stereocenters. The Kier molecular flexibility index (Phi) is 9.51. The fraction of sp³-hybridized carbons (Fsp3) is 0.722. The van der Waals surface area contributed by atoms with Crippen molar-refractivity contribution in [2.75, 3.05) is 46.3 Å². The van der Waals surface area contributed by atoms with Crippen LogP contribution in [-0.2, 0) is 11.3 Å². The molecule has 154 valence electrons. The lowest BCUT2D eigenvalue weighted by atomic mass is 9.92. The molecule has 8 nitrogen and oxygen atoms in total. The van der Waals surface area contributed by atoms with Gasteiger partial charge in [-0.1, -0.05) is 5.16 Å². The zero-order valence-corrected chi connectivity index (χ0v) is 19.4. The highest BCUT2D eigenvalue weighted by atomic mass is 127. The van der Waals surface area contributed by atoms with Crippen molar-refractivity contribution in [1.82, 2.24) is 25.6 Å². The molecule has 1 amide bonds. The molecule has 0 spiro atoms. The number of hydrogen-bond acceptors (Lipinski definition) is 5. The number of carbonyl (C=O) groups is 1. The molecule has 1 aliphatic heterocycles. The highest BCUT2D eigenvalue weighted by molar-refractivity contribution is 14.0. The van der Waals surface area contributed by atoms with E-state index in [1.807, 2.05) is 33.8 Å². The Hall–Kier alpha value is -1.36. The molecule has 1 aromatic heterocycles. The first-order valence-electron chi connectivity index (χ1n) is 9.24. The van der Waals surface area contributed by atoms with Crippen molar-refractivity contribution in [2.24, 2.45) is 10.4 Å². The Morgan fingerprint density at radius 3 is 2.48 bits per heavy atom. The summed E-state index contributed by atoms with van der Waals surface area (Å²) in [5.41, 5.74) is 0.487. The number of carbonyl (C=O) groups excluding carboxylic acids is 1. The number of nitrogens with one attached hydrogen (secondary N) is 2. The molecule has 9 heteroatoms. The van der Waals surface area contributed by atoms with Gasteiger partial charge in [0.15, 0.2) is 5.96 Å². The summed E-state index contributed by atoms with van der Waals surface area (Å²) in [6.07, 6.45) is 0. The van der Waals surface area contributed by atoms with Gasteiger partial charge in [0, 0.05) is 58.9 Å². The van der Waals surface area contributed by atoms with E-state index < -0.39 is 5.41 Å². The molecule has 0 bridgehead atoms. The van der Waals surface area contributed by atoms with E-state index in [-0.39, 0.29) is 29.9 Å². The highest BCUT2D eigenvalue weighted by Crippen LogP contribution is 2.14. The van der Waals surface area contributed by atoms with Gasteiger partial charge in [-0.05, 0) is 27.7 Å². The average Bonchev–Trinajstić information content (AvgIpc) is 3.02. The third-order valence-corrected chi connectivity index (χ3v) is 4.59. The Balaban J connectivity index is 0.00000364. The summed E-state index contributed by atoms with van der Waals surface area (Å²) in [5.74, 6) is 1.74. The van der Waals surface area contributed by atoms with Crippen molar-refractivity contribution < 1.29 is 9.32 Å². The molecule has 1 fully saturated rings. The van der Waals surface area contributed by atoms with Gasteiger partial charge in [0.2, 0.25) is 5.91 Å². The molecule has 2 N–H and O–H groups in total. The molecule has 0 radical (unpaired) electrons. The van der Waals surface area contributed by atoms with Crippen LogP contribution < -0.4 is 10.6 Å². The van der Waals surface area contributed by atoms with E-state index in [0.29, 0.717) is 13.1 Å². The van der Waals surface area contributed by atoms with Crippen LogP contribution in [0.15, 0.2) is 15.6 Å². The molecule has 2 heterocycles. The first-order valence-corrected chi connectivity index (χ1v) is 9.24. The molecule has 27 heavy (non-hydrogen) atoms. The Morgan fingerprint density at radius 1 is 1.30 bits per heavy atom. The summed E-state index contributed by atoms with van der Waals surface area (Å²) in [6.45, 7) is 13.4. The molecule has 2 rings (SSSR count). The zero-order chi connectivity index (χ0) is 19.2. The van der Waals surface area contributed by atoms with Gasteiger partial charge in [-0.2, -0.15) is 0 Å². The predicted molar refractivity (Wildman–Crippen MR) is 117 cm³/mol. The number of aryl methyl sites for hydroxylation is 1. The van der Waals surface area contributed by atoms with Crippen molar-refractivity contribution in [3.63, 3.8) is 0 Å². The largest absolute Gasteiger partial charge is 0.361 e. The zero-order valence-electron chi connectivity index (χ0n) is 17.0. The quantitative estimate of drug-likeness (QED) is 0.356. The average molecular weight is 492 g/mol. The van der Waals surface area contributed by atoms with Gasteiger partial charge >= 0.3 is 0 Å². The number of guanidine groups is 1. The van der Waals surface area contributed by atoms with E-state index in [1.54, 1.807) is 7.05 Å². The number of aromatic nitrogens is 1. The maximum absolute atomic E-state index is 12.1. The molecule has 0 aliphatic carbocycles. The molecule has 1 saturated heterocycles. The number of hydrogen-bond donors (Lipinski definition) is 2. The second kappa shape index (κ2) is 10.8. The third-order valence-electron chi connectivity index (χ3n) is 4.59. The highest BCUT2D eigenvalue weighted by Gasteiger charge is 2.28. The van der Waals surface area contributed by atoms with Gasteiger partial charge in [0.05, 0.1) is 11.1 Å². The lowest BCUT2D eigenvalue weighted by Gasteiger charge is -2.37. The minimum Gasteiger partial charge on any atom is -0.361 e. The minimum absolute atomic E-state index is 0. The van der Waals surface area contributed by atoms with E-state index in [1.165, 1.54) is 0 Å². The molecule has 0 unspecified atom stereocenters. The van der Waals surface area contributed by atoms with Crippen LogP contribution in [0.3, 0.4) is 0 Å². The van der Waals surface area contributed by atoms with Crippen LogP contribution in [0.25, 0.3) is 0 Å². The second-order valence-corrected chi connectivity index (χ2v) is 7.34. The van der Waals surface area contributed by atoms with Gasteiger partial charge in [-0.25, -0.2) is 0 Å². The number of amides is 1. The first kappa shape index (κ1) is 23.7. The van der Waals surface area contributed by atoms with Crippen LogP contribution in [0.5, 0.6) is 0 Å². The van der Waals surface area contributed by atoms with Crippen LogP contribution in [0.2, 0.25) is 0 Å². The van der Waals surface area contributed by atoms with Crippen LogP contribution in [0.4, 0.5) is 0 Å². The number of rotatable bonds is 6. The summed E-state index contributed by atoms with van der Waals surface area (Å²) in [4.78, 5) is 21.1. The van der Waals surface area contributed by atoms with Crippen LogP contribution in [0.1, 0.15) is 32.2 Å². The van der Waals surface area contributed by atoms with Gasteiger partial charge < -0.3 is 20.1 Å². The number of halogens is 1. The van der Waals surface area contributed by atoms with Crippen molar-refractivity contribution >= 4 is 35.8 Å². The Labute approximate surface area is 179 Å². The van der Waals surface area contributed by atoms with Crippen LogP contribution >= 0.6 is 24.0 Å². The normalized spacial score (nSPS) is 16.0. The van der Waals surface area contributed by atoms with Crippen LogP contribution in [0, 0.1) is 12.3 Å². The number of piperazine rings is 1. The lowest BCUT2D eigenvalue weighted by Crippen LogP contribution is -2.54.